The van der Waals surface area contributed by atoms with Crippen LogP contribution in [0.4, 0.5) is 23.2 Å². The van der Waals surface area contributed by atoms with Gasteiger partial charge in [0.2, 0.25) is 0 Å². The van der Waals surface area contributed by atoms with Crippen LogP contribution in [0.1, 0.15) is 0 Å². The number of hydrogen-bond acceptors (Lipinski definition) is 2. The molecule has 0 saturated carbocycles. The average Bonchev–Trinajstić information content (AvgIpc) is 1.92. The summed E-state index contributed by atoms with van der Waals surface area (Å²) >= 11 is 0. The minimum atomic E-state index is -5.20. The molecule has 2 N–H and O–H groups in total. The number of nitrogens with two attached hydrogens (primary N) is 1. The first kappa shape index (κ1) is 13.4. The molecule has 1 heterocycles. The molecule has 0 radical (unpaired) electrons. The maximum atomic E-state index is 12.4. The van der Waals surface area contributed by atoms with Crippen molar-refractivity contribution in [2.45, 2.75) is 0 Å². The van der Waals surface area contributed by atoms with Gasteiger partial charge in [-0.3, -0.25) is 0 Å². The van der Waals surface area contributed by atoms with Crippen molar-refractivity contribution in [3.63, 3.8) is 0 Å². The number of rotatable bonds is 1. The number of nitrogens with zero attached hydrogens (tertiary/aromatic N) is 1. The van der Waals surface area contributed by atoms with Gasteiger partial charge in [0.25, 0.3) is 0 Å². The van der Waals surface area contributed by atoms with Crippen LogP contribution < -0.4 is 62.6 Å². The van der Waals surface area contributed by atoms with Crippen molar-refractivity contribution in [3.05, 3.63) is 18.1 Å². The molecule has 0 aliphatic heterocycles. The fourth-order valence-electron chi connectivity index (χ4n) is 0.642. The molecular weight excluding hydrogens is 214 g/mol. The minimum absolute atomic E-state index is 0. The molecule has 0 spiro atoms. The molecule has 1 rings (SSSR count). The second-order valence-electron chi connectivity index (χ2n) is 2.21. The van der Waals surface area contributed by atoms with Crippen LogP contribution in [0.2, 0.25) is 0 Å². The number of anilines is 1. The Bertz CT molecular complexity index is 303. The summed E-state index contributed by atoms with van der Waals surface area (Å²) in [5, 5.41) is 0. The largest absolute Gasteiger partial charge is 1.00 e. The van der Waals surface area contributed by atoms with E-state index in [-0.39, 0.29) is 51.4 Å². The van der Waals surface area contributed by atoms with E-state index >= 15 is 0 Å². The van der Waals surface area contributed by atoms with Crippen molar-refractivity contribution >= 4 is 18.3 Å². The summed E-state index contributed by atoms with van der Waals surface area (Å²) in [6, 6.07) is 0.336. The Hall–Kier alpha value is 0.371. The normalized spacial score (nSPS) is 10.8. The maximum Gasteiger partial charge on any atom is 1.00 e. The molecule has 66 valence electrons. The predicted octanol–water partition coefficient (Wildman–Crippen LogP) is -2.14. The van der Waals surface area contributed by atoms with Gasteiger partial charge in [0.15, 0.2) is 11.6 Å². The van der Waals surface area contributed by atoms with Crippen LogP contribution in [-0.4, -0.2) is 12.0 Å². The molecule has 0 amide bonds. The Labute approximate surface area is 114 Å². The molecule has 2 nitrogen and oxygen atoms in total. The van der Waals surface area contributed by atoms with Crippen LogP contribution in [0, 0.1) is 5.82 Å². The van der Waals surface area contributed by atoms with Crippen molar-refractivity contribution in [1.29, 1.82) is 0 Å². The van der Waals surface area contributed by atoms with Gasteiger partial charge >= 0.3 is 58.4 Å². The van der Waals surface area contributed by atoms with Gasteiger partial charge in [-0.05, 0) is 6.07 Å². The molecule has 0 fully saturated rings. The summed E-state index contributed by atoms with van der Waals surface area (Å²) in [4.78, 5) is 3.04. The molecule has 0 atom stereocenters. The van der Waals surface area contributed by atoms with Crippen LogP contribution in [0.5, 0.6) is 0 Å². The van der Waals surface area contributed by atoms with Crippen molar-refractivity contribution < 1.29 is 68.7 Å². The minimum Gasteiger partial charge on any atom is -0.445 e. The molecule has 1 aromatic rings. The molecule has 0 aliphatic rings. The van der Waals surface area contributed by atoms with E-state index in [1.54, 1.807) is 0 Å². The Morgan fingerprint density at radius 2 is 1.85 bits per heavy atom. The third-order valence-electron chi connectivity index (χ3n) is 1.27. The van der Waals surface area contributed by atoms with Gasteiger partial charge in [0.1, 0.15) is 0 Å². The van der Waals surface area contributed by atoms with Crippen LogP contribution in [0.3, 0.4) is 0 Å². The van der Waals surface area contributed by atoms with E-state index in [0.29, 0.717) is 12.3 Å². The van der Waals surface area contributed by atoms with Gasteiger partial charge in [0, 0.05) is 6.20 Å². The molecule has 8 heteroatoms. The van der Waals surface area contributed by atoms with E-state index in [9.17, 15) is 17.3 Å². The average molecular weight is 218 g/mol. The molecule has 0 aromatic carbocycles. The van der Waals surface area contributed by atoms with Gasteiger partial charge < -0.3 is 18.7 Å². The summed E-state index contributed by atoms with van der Waals surface area (Å²) in [7, 11) is 0. The third kappa shape index (κ3) is 3.55. The maximum absolute atomic E-state index is 12.4. The van der Waals surface area contributed by atoms with Gasteiger partial charge in [-0.1, -0.05) is 5.46 Å². The Morgan fingerprint density at radius 3 is 2.23 bits per heavy atom. The van der Waals surface area contributed by atoms with Crippen LogP contribution in [0.25, 0.3) is 0 Å². The number of aromatic nitrogens is 1. The second-order valence-corrected chi connectivity index (χ2v) is 2.21. The monoisotopic (exact) mass is 218 g/mol. The third-order valence-corrected chi connectivity index (χ3v) is 1.27. The SMILES string of the molecule is Nc1ncc([B-](F)(F)F)cc1F.[K+]. The van der Waals surface area contributed by atoms with E-state index < -0.39 is 24.1 Å². The first-order chi connectivity index (χ1) is 5.41. The smallest absolute Gasteiger partial charge is 0.445 e. The molecule has 0 aliphatic carbocycles. The molecular formula is C5H4BF4KN2. The van der Waals surface area contributed by atoms with Crippen molar-refractivity contribution in [1.82, 2.24) is 4.98 Å². The van der Waals surface area contributed by atoms with Gasteiger partial charge in [-0.2, -0.15) is 0 Å². The second kappa shape index (κ2) is 4.74. The van der Waals surface area contributed by atoms with E-state index in [1.165, 1.54) is 0 Å². The van der Waals surface area contributed by atoms with Crippen LogP contribution >= 0.6 is 0 Å². The zero-order chi connectivity index (χ0) is 9.35. The number of hydrogen-bond donors (Lipinski definition) is 1. The van der Waals surface area contributed by atoms with E-state index in [1.807, 2.05) is 0 Å². The summed E-state index contributed by atoms with van der Waals surface area (Å²) in [5.74, 6) is -1.68. The fraction of sp³-hybridized carbons (Fsp3) is 0. The van der Waals surface area contributed by atoms with Gasteiger partial charge in [-0.25, -0.2) is 9.37 Å². The van der Waals surface area contributed by atoms with E-state index in [0.717, 1.165) is 0 Å². The van der Waals surface area contributed by atoms with Crippen LogP contribution in [-0.2, 0) is 0 Å². The first-order valence-electron chi connectivity index (χ1n) is 3.02. The Morgan fingerprint density at radius 1 is 1.31 bits per heavy atom. The molecule has 0 bridgehead atoms. The number of pyridine rings is 1. The molecule has 1 aromatic heterocycles. The fourth-order valence-corrected chi connectivity index (χ4v) is 0.642. The summed E-state index contributed by atoms with van der Waals surface area (Å²) in [6.07, 6.45) is 0.512. The van der Waals surface area contributed by atoms with Crippen molar-refractivity contribution in [2.75, 3.05) is 5.73 Å². The van der Waals surface area contributed by atoms with E-state index in [4.69, 9.17) is 5.73 Å². The summed E-state index contributed by atoms with van der Waals surface area (Å²) < 4.78 is 48.2. The quantitative estimate of drug-likeness (QED) is 0.431. The first-order valence-corrected chi connectivity index (χ1v) is 3.02. The van der Waals surface area contributed by atoms with Gasteiger partial charge in [0.05, 0.1) is 0 Å². The van der Waals surface area contributed by atoms with Crippen LogP contribution in [0.15, 0.2) is 12.3 Å². The Kier molecular flexibility index (Phi) is 4.88. The summed E-state index contributed by atoms with van der Waals surface area (Å²) in [5.41, 5.74) is 3.80. The van der Waals surface area contributed by atoms with Crippen molar-refractivity contribution in [3.8, 4) is 0 Å². The summed E-state index contributed by atoms with van der Waals surface area (Å²) in [6.45, 7) is -5.20. The standard InChI is InChI=1S/C5H4BF4N2.K/c7-4-1-3(6(8,9)10)2-12-5(4)11;/h1-2H,(H2,11,12);/q-1;+1. The topological polar surface area (TPSA) is 38.9 Å². The van der Waals surface area contributed by atoms with Gasteiger partial charge in [-0.15, -0.1) is 0 Å². The molecule has 0 unspecified atom stereocenters. The van der Waals surface area contributed by atoms with E-state index in [2.05, 4.69) is 4.98 Å². The Balaban J connectivity index is 0.00000144. The number of nitrogen functional groups attached to an aromatic ring is 1. The zero-order valence-corrected chi connectivity index (χ0v) is 9.89. The predicted molar refractivity (Wildman–Crippen MR) is 37.3 cm³/mol. The molecule has 0 saturated heterocycles. The zero-order valence-electron chi connectivity index (χ0n) is 6.77. The molecule has 13 heavy (non-hydrogen) atoms. The van der Waals surface area contributed by atoms with Crippen molar-refractivity contribution in [2.24, 2.45) is 0 Å². The number of halogens is 4.